The first-order valence-corrected chi connectivity index (χ1v) is 8.96. The van der Waals surface area contributed by atoms with Crippen LogP contribution in [0, 0.1) is 0 Å². The average molecular weight is 409 g/mol. The molecule has 25 heavy (non-hydrogen) atoms. The van der Waals surface area contributed by atoms with Crippen LogP contribution in [0.25, 0.3) is 0 Å². The van der Waals surface area contributed by atoms with Gasteiger partial charge in [0.25, 0.3) is 0 Å². The summed E-state index contributed by atoms with van der Waals surface area (Å²) in [6, 6.07) is 8.87. The maximum Gasteiger partial charge on any atom is 0.237 e. The molecule has 1 aromatic carbocycles. The van der Waals surface area contributed by atoms with Gasteiger partial charge < -0.3 is 10.2 Å². The Labute approximate surface area is 168 Å². The molecule has 1 N–H and O–H groups in total. The highest BCUT2D eigenvalue weighted by Gasteiger charge is 2.34. The molecule has 0 bridgehead atoms. The van der Waals surface area contributed by atoms with Crippen molar-refractivity contribution in [3.8, 4) is 0 Å². The Hall–Kier alpha value is -0.520. The zero-order valence-electron chi connectivity index (χ0n) is 14.8. The summed E-state index contributed by atoms with van der Waals surface area (Å²) in [4.78, 5) is 17.3. The van der Waals surface area contributed by atoms with Crippen molar-refractivity contribution in [2.75, 3.05) is 26.2 Å². The molecule has 0 saturated carbocycles. The van der Waals surface area contributed by atoms with E-state index in [4.69, 9.17) is 11.6 Å². The topological polar surface area (TPSA) is 35.6 Å². The summed E-state index contributed by atoms with van der Waals surface area (Å²) in [5.74, 6) is 0.219. The fourth-order valence-electron chi connectivity index (χ4n) is 3.83. The van der Waals surface area contributed by atoms with Crippen LogP contribution in [0.2, 0.25) is 5.02 Å². The smallest absolute Gasteiger partial charge is 0.237 e. The molecule has 2 aliphatic rings. The third kappa shape index (κ3) is 5.01. The van der Waals surface area contributed by atoms with Crippen LogP contribution >= 0.6 is 36.4 Å². The van der Waals surface area contributed by atoms with Gasteiger partial charge in [0.2, 0.25) is 5.91 Å². The van der Waals surface area contributed by atoms with Gasteiger partial charge in [-0.25, -0.2) is 0 Å². The lowest BCUT2D eigenvalue weighted by Crippen LogP contribution is -2.52. The molecule has 2 aliphatic heterocycles. The van der Waals surface area contributed by atoms with Crippen molar-refractivity contribution in [1.82, 2.24) is 15.1 Å². The number of rotatable bonds is 3. The highest BCUT2D eigenvalue weighted by Crippen LogP contribution is 2.29. The zero-order chi connectivity index (χ0) is 16.4. The summed E-state index contributed by atoms with van der Waals surface area (Å²) < 4.78 is 0. The molecule has 3 rings (SSSR count). The van der Waals surface area contributed by atoms with Crippen LogP contribution in [-0.2, 0) is 4.79 Å². The molecule has 0 aliphatic carbocycles. The molecule has 0 spiro atoms. The molecule has 1 amide bonds. The number of hydrogen-bond donors (Lipinski definition) is 1. The fourth-order valence-corrected chi connectivity index (χ4v) is 4.09. The minimum Gasteiger partial charge on any atom is -0.332 e. The largest absolute Gasteiger partial charge is 0.332 e. The number of halogens is 3. The Kier molecular flexibility index (Phi) is 8.99. The normalized spacial score (nSPS) is 26.7. The quantitative estimate of drug-likeness (QED) is 0.831. The summed E-state index contributed by atoms with van der Waals surface area (Å²) in [7, 11) is 0. The van der Waals surface area contributed by atoms with E-state index >= 15 is 0 Å². The number of nitrogens with one attached hydrogen (secondary N) is 1. The van der Waals surface area contributed by atoms with Gasteiger partial charge in [-0.1, -0.05) is 29.8 Å². The van der Waals surface area contributed by atoms with Crippen LogP contribution in [0.3, 0.4) is 0 Å². The molecule has 0 aromatic heterocycles. The summed E-state index contributed by atoms with van der Waals surface area (Å²) in [5.41, 5.74) is 1.04. The van der Waals surface area contributed by atoms with E-state index in [0.29, 0.717) is 18.6 Å². The van der Waals surface area contributed by atoms with Crippen LogP contribution in [0.4, 0.5) is 0 Å². The van der Waals surface area contributed by atoms with E-state index in [1.54, 1.807) is 0 Å². The van der Waals surface area contributed by atoms with E-state index < -0.39 is 0 Å². The fraction of sp³-hybridized carbons (Fsp3) is 0.611. The van der Waals surface area contributed by atoms with Crippen LogP contribution in [0.5, 0.6) is 0 Å². The standard InChI is InChI=1S/C18H26ClN3O.2ClH/c1-13-7-8-14(2)22(13)12-18(23)21-10-9-20-11-17(21)15-5-3-4-6-16(15)19;;/h3-6,13-14,17,20H,7-12H2,1-2H3;2*1H. The number of likely N-dealkylation sites (tertiary alicyclic amines) is 1. The van der Waals surface area contributed by atoms with Gasteiger partial charge in [-0.3, -0.25) is 9.69 Å². The molecule has 0 radical (unpaired) electrons. The highest BCUT2D eigenvalue weighted by molar-refractivity contribution is 6.31. The molecular weight excluding hydrogens is 381 g/mol. The van der Waals surface area contributed by atoms with Crippen molar-refractivity contribution in [3.63, 3.8) is 0 Å². The second kappa shape index (κ2) is 9.98. The first-order valence-electron chi connectivity index (χ1n) is 8.58. The van der Waals surface area contributed by atoms with Crippen LogP contribution < -0.4 is 5.32 Å². The first kappa shape index (κ1) is 22.5. The Balaban J connectivity index is 0.00000156. The van der Waals surface area contributed by atoms with E-state index in [2.05, 4.69) is 24.1 Å². The molecular formula is C18H28Cl3N3O. The molecule has 1 aromatic rings. The Bertz CT molecular complexity index is 562. The Morgan fingerprint density at radius 2 is 1.84 bits per heavy atom. The lowest BCUT2D eigenvalue weighted by molar-refractivity contribution is -0.136. The highest BCUT2D eigenvalue weighted by atomic mass is 35.5. The molecule has 7 heteroatoms. The molecule has 2 fully saturated rings. The molecule has 3 unspecified atom stereocenters. The number of carbonyl (C=O) groups is 1. The lowest BCUT2D eigenvalue weighted by atomic mass is 10.0. The molecule has 3 atom stereocenters. The number of benzene rings is 1. The number of carbonyl (C=O) groups excluding carboxylic acids is 1. The lowest BCUT2D eigenvalue weighted by Gasteiger charge is -2.38. The van der Waals surface area contributed by atoms with Crippen molar-refractivity contribution < 1.29 is 4.79 Å². The number of piperazine rings is 1. The predicted octanol–water partition coefficient (Wildman–Crippen LogP) is 3.53. The van der Waals surface area contributed by atoms with Crippen LogP contribution in [0.15, 0.2) is 24.3 Å². The number of nitrogens with zero attached hydrogens (tertiary/aromatic N) is 2. The number of hydrogen-bond acceptors (Lipinski definition) is 3. The van der Waals surface area contributed by atoms with Crippen molar-refractivity contribution in [2.24, 2.45) is 0 Å². The van der Waals surface area contributed by atoms with Gasteiger partial charge in [0, 0.05) is 36.7 Å². The zero-order valence-corrected chi connectivity index (χ0v) is 17.2. The number of amides is 1. The first-order chi connectivity index (χ1) is 11.1. The van der Waals surface area contributed by atoms with E-state index in [-0.39, 0.29) is 36.8 Å². The monoisotopic (exact) mass is 407 g/mol. The van der Waals surface area contributed by atoms with Crippen LogP contribution in [-0.4, -0.2) is 54.0 Å². The predicted molar refractivity (Wildman–Crippen MR) is 108 cm³/mol. The third-order valence-corrected chi connectivity index (χ3v) is 5.62. The van der Waals surface area contributed by atoms with E-state index in [1.807, 2.05) is 29.2 Å². The van der Waals surface area contributed by atoms with Crippen molar-refractivity contribution >= 4 is 42.3 Å². The second-order valence-corrected chi connectivity index (χ2v) is 7.18. The van der Waals surface area contributed by atoms with Gasteiger partial charge in [-0.15, -0.1) is 24.8 Å². The molecule has 142 valence electrons. The van der Waals surface area contributed by atoms with E-state index in [0.717, 1.165) is 30.2 Å². The van der Waals surface area contributed by atoms with Gasteiger partial charge >= 0.3 is 0 Å². The van der Waals surface area contributed by atoms with Crippen molar-refractivity contribution in [1.29, 1.82) is 0 Å². The van der Waals surface area contributed by atoms with Gasteiger partial charge in [0.1, 0.15) is 0 Å². The molecule has 4 nitrogen and oxygen atoms in total. The van der Waals surface area contributed by atoms with Crippen LogP contribution in [0.1, 0.15) is 38.3 Å². The average Bonchev–Trinajstić information content (AvgIpc) is 2.87. The van der Waals surface area contributed by atoms with E-state index in [9.17, 15) is 4.79 Å². The summed E-state index contributed by atoms with van der Waals surface area (Å²) in [6.45, 7) is 7.31. The second-order valence-electron chi connectivity index (χ2n) is 6.78. The SMILES string of the molecule is CC1CCC(C)N1CC(=O)N1CCNCC1c1ccccc1Cl.Cl.Cl. The van der Waals surface area contributed by atoms with E-state index in [1.165, 1.54) is 12.8 Å². The molecule has 2 heterocycles. The van der Waals surface area contributed by atoms with Crippen molar-refractivity contribution in [3.05, 3.63) is 34.9 Å². The van der Waals surface area contributed by atoms with Gasteiger partial charge in [0.15, 0.2) is 0 Å². The molecule has 2 saturated heterocycles. The maximum atomic E-state index is 13.0. The van der Waals surface area contributed by atoms with Crippen molar-refractivity contribution in [2.45, 2.75) is 44.8 Å². The Morgan fingerprint density at radius 3 is 2.48 bits per heavy atom. The summed E-state index contributed by atoms with van der Waals surface area (Å²) in [5, 5.41) is 4.13. The van der Waals surface area contributed by atoms with Gasteiger partial charge in [-0.05, 0) is 38.3 Å². The third-order valence-electron chi connectivity index (χ3n) is 5.28. The summed E-state index contributed by atoms with van der Waals surface area (Å²) in [6.07, 6.45) is 2.37. The van der Waals surface area contributed by atoms with Gasteiger partial charge in [0.05, 0.1) is 12.6 Å². The Morgan fingerprint density at radius 1 is 1.20 bits per heavy atom. The maximum absolute atomic E-state index is 13.0. The minimum atomic E-state index is 0. The summed E-state index contributed by atoms with van der Waals surface area (Å²) >= 11 is 6.37. The minimum absolute atomic E-state index is 0. The van der Waals surface area contributed by atoms with Gasteiger partial charge in [-0.2, -0.15) is 0 Å².